The standard InChI is InChI=1S/C12H14N2O4/c1-14-4-5-17-11-6-9(2-3-10(11)14)7-13-18-8-12(15)16/h2-3,6-7H,4-5,8H2,1H3,(H,15,16). The van der Waals surface area contributed by atoms with E-state index in [0.29, 0.717) is 6.61 Å². The molecule has 0 saturated carbocycles. The third-order valence-corrected chi connectivity index (χ3v) is 2.54. The van der Waals surface area contributed by atoms with E-state index in [9.17, 15) is 4.79 Å². The van der Waals surface area contributed by atoms with E-state index in [-0.39, 0.29) is 0 Å². The predicted molar refractivity (Wildman–Crippen MR) is 66.4 cm³/mol. The number of fused-ring (bicyclic) bond motifs is 1. The number of aliphatic carboxylic acids is 1. The zero-order chi connectivity index (χ0) is 13.0. The van der Waals surface area contributed by atoms with Crippen molar-refractivity contribution in [3.63, 3.8) is 0 Å². The minimum atomic E-state index is -1.05. The number of hydrogen-bond acceptors (Lipinski definition) is 5. The molecular weight excluding hydrogens is 236 g/mol. The molecule has 18 heavy (non-hydrogen) atoms. The minimum absolute atomic E-state index is 0.444. The fraction of sp³-hybridized carbons (Fsp3) is 0.333. The molecule has 1 N–H and O–H groups in total. The summed E-state index contributed by atoms with van der Waals surface area (Å²) >= 11 is 0. The number of ether oxygens (including phenoxy) is 1. The van der Waals surface area contributed by atoms with Crippen LogP contribution < -0.4 is 9.64 Å². The van der Waals surface area contributed by atoms with Crippen molar-refractivity contribution in [2.75, 3.05) is 31.7 Å². The van der Waals surface area contributed by atoms with Gasteiger partial charge in [-0.1, -0.05) is 11.2 Å². The highest BCUT2D eigenvalue weighted by molar-refractivity contribution is 5.82. The van der Waals surface area contributed by atoms with Gasteiger partial charge in [0.25, 0.3) is 0 Å². The van der Waals surface area contributed by atoms with Crippen LogP contribution in [-0.4, -0.2) is 44.1 Å². The first-order valence-electron chi connectivity index (χ1n) is 5.52. The molecule has 0 fully saturated rings. The molecule has 0 spiro atoms. The molecule has 0 aliphatic carbocycles. The maximum absolute atomic E-state index is 10.2. The summed E-state index contributed by atoms with van der Waals surface area (Å²) in [5.74, 6) is -0.256. The first kappa shape index (κ1) is 12.2. The highest BCUT2D eigenvalue weighted by Gasteiger charge is 2.14. The smallest absolute Gasteiger partial charge is 0.344 e. The molecule has 6 heteroatoms. The molecule has 96 valence electrons. The van der Waals surface area contributed by atoms with Crippen molar-refractivity contribution in [3.8, 4) is 5.75 Å². The van der Waals surface area contributed by atoms with Crippen molar-refractivity contribution in [2.24, 2.45) is 5.16 Å². The number of oxime groups is 1. The number of anilines is 1. The van der Waals surface area contributed by atoms with E-state index in [1.165, 1.54) is 6.21 Å². The summed E-state index contributed by atoms with van der Waals surface area (Å²) in [6.45, 7) is 1.07. The van der Waals surface area contributed by atoms with Gasteiger partial charge < -0.3 is 19.6 Å². The number of likely N-dealkylation sites (N-methyl/N-ethyl adjacent to an activating group) is 1. The minimum Gasteiger partial charge on any atom is -0.490 e. The summed E-state index contributed by atoms with van der Waals surface area (Å²) in [5.41, 5.74) is 1.83. The van der Waals surface area contributed by atoms with Gasteiger partial charge in [-0.2, -0.15) is 0 Å². The SMILES string of the molecule is CN1CCOc2cc(C=NOCC(=O)O)ccc21. The molecule has 1 aliphatic rings. The fourth-order valence-corrected chi connectivity index (χ4v) is 1.65. The van der Waals surface area contributed by atoms with E-state index in [4.69, 9.17) is 9.84 Å². The summed E-state index contributed by atoms with van der Waals surface area (Å²) in [7, 11) is 2.01. The Morgan fingerprint density at radius 3 is 3.28 bits per heavy atom. The highest BCUT2D eigenvalue weighted by Crippen LogP contribution is 2.30. The van der Waals surface area contributed by atoms with Crippen LogP contribution in [0.1, 0.15) is 5.56 Å². The lowest BCUT2D eigenvalue weighted by Gasteiger charge is -2.27. The van der Waals surface area contributed by atoms with E-state index >= 15 is 0 Å². The molecule has 0 unspecified atom stereocenters. The Morgan fingerprint density at radius 1 is 1.67 bits per heavy atom. The second-order valence-electron chi connectivity index (χ2n) is 3.90. The second kappa shape index (κ2) is 5.39. The Kier molecular flexibility index (Phi) is 3.66. The van der Waals surface area contributed by atoms with Gasteiger partial charge in [0.05, 0.1) is 18.4 Å². The largest absolute Gasteiger partial charge is 0.490 e. The maximum atomic E-state index is 10.2. The number of rotatable bonds is 4. The monoisotopic (exact) mass is 250 g/mol. The van der Waals surface area contributed by atoms with Crippen LogP contribution in [0.5, 0.6) is 5.75 Å². The van der Waals surface area contributed by atoms with Crippen LogP contribution in [0.4, 0.5) is 5.69 Å². The summed E-state index contributed by atoms with van der Waals surface area (Å²) in [6, 6.07) is 5.66. The van der Waals surface area contributed by atoms with Crippen LogP contribution in [0.25, 0.3) is 0 Å². The summed E-state index contributed by atoms with van der Waals surface area (Å²) < 4.78 is 5.54. The van der Waals surface area contributed by atoms with Gasteiger partial charge in [-0.3, -0.25) is 0 Å². The molecule has 0 atom stereocenters. The third kappa shape index (κ3) is 2.91. The lowest BCUT2D eigenvalue weighted by atomic mass is 10.1. The number of nitrogens with zero attached hydrogens (tertiary/aromatic N) is 2. The van der Waals surface area contributed by atoms with E-state index in [2.05, 4.69) is 14.9 Å². The Bertz CT molecular complexity index is 473. The molecule has 2 rings (SSSR count). The Balaban J connectivity index is 2.04. The van der Waals surface area contributed by atoms with E-state index < -0.39 is 12.6 Å². The van der Waals surface area contributed by atoms with Crippen LogP contribution in [-0.2, 0) is 9.63 Å². The average Bonchev–Trinajstić information content (AvgIpc) is 2.35. The molecule has 6 nitrogen and oxygen atoms in total. The van der Waals surface area contributed by atoms with E-state index in [1.807, 2.05) is 25.2 Å². The topological polar surface area (TPSA) is 71.4 Å². The van der Waals surface area contributed by atoms with Crippen molar-refractivity contribution >= 4 is 17.9 Å². The molecule has 0 radical (unpaired) electrons. The first-order chi connectivity index (χ1) is 8.66. The van der Waals surface area contributed by atoms with Gasteiger partial charge in [0.2, 0.25) is 6.61 Å². The molecule has 1 aromatic carbocycles. The third-order valence-electron chi connectivity index (χ3n) is 2.54. The van der Waals surface area contributed by atoms with Gasteiger partial charge in [0.1, 0.15) is 12.4 Å². The lowest BCUT2D eigenvalue weighted by Crippen LogP contribution is -2.28. The van der Waals surface area contributed by atoms with Crippen LogP contribution in [0.3, 0.4) is 0 Å². The average molecular weight is 250 g/mol. The van der Waals surface area contributed by atoms with Crippen molar-refractivity contribution < 1.29 is 19.5 Å². The molecule has 0 aromatic heterocycles. The van der Waals surface area contributed by atoms with Gasteiger partial charge in [-0.25, -0.2) is 4.79 Å². The molecule has 0 amide bonds. The lowest BCUT2D eigenvalue weighted by molar-refractivity contribution is -0.142. The van der Waals surface area contributed by atoms with Gasteiger partial charge in [0, 0.05) is 7.05 Å². The van der Waals surface area contributed by atoms with Gasteiger partial charge in [-0.05, 0) is 17.7 Å². The van der Waals surface area contributed by atoms with Crippen molar-refractivity contribution in [1.82, 2.24) is 0 Å². The summed E-state index contributed by atoms with van der Waals surface area (Å²) in [6.07, 6.45) is 1.46. The summed E-state index contributed by atoms with van der Waals surface area (Å²) in [4.78, 5) is 16.9. The molecule has 0 saturated heterocycles. The van der Waals surface area contributed by atoms with Crippen LogP contribution in [0.2, 0.25) is 0 Å². The summed E-state index contributed by atoms with van der Waals surface area (Å²) in [5, 5.41) is 11.9. The second-order valence-corrected chi connectivity index (χ2v) is 3.90. The van der Waals surface area contributed by atoms with Crippen molar-refractivity contribution in [1.29, 1.82) is 0 Å². The number of carboxylic acids is 1. The van der Waals surface area contributed by atoms with Gasteiger partial charge in [0.15, 0.2) is 0 Å². The van der Waals surface area contributed by atoms with Crippen molar-refractivity contribution in [3.05, 3.63) is 23.8 Å². The highest BCUT2D eigenvalue weighted by atomic mass is 16.6. The Labute approximate surface area is 104 Å². The zero-order valence-electron chi connectivity index (χ0n) is 10.00. The Morgan fingerprint density at radius 2 is 2.50 bits per heavy atom. The fourth-order valence-electron chi connectivity index (χ4n) is 1.65. The van der Waals surface area contributed by atoms with Crippen LogP contribution in [0, 0.1) is 0 Å². The number of carboxylic acid groups (broad SMARTS) is 1. The van der Waals surface area contributed by atoms with Crippen LogP contribution in [0.15, 0.2) is 23.4 Å². The maximum Gasteiger partial charge on any atom is 0.344 e. The zero-order valence-corrected chi connectivity index (χ0v) is 10.00. The van der Waals surface area contributed by atoms with Crippen LogP contribution >= 0.6 is 0 Å². The van der Waals surface area contributed by atoms with Gasteiger partial charge in [-0.15, -0.1) is 0 Å². The normalized spacial score (nSPS) is 14.2. The molecular formula is C12H14N2O4. The first-order valence-corrected chi connectivity index (χ1v) is 5.52. The van der Waals surface area contributed by atoms with Gasteiger partial charge >= 0.3 is 5.97 Å². The molecule has 1 heterocycles. The molecule has 1 aliphatic heterocycles. The predicted octanol–water partition coefficient (Wildman–Crippen LogP) is 0.950. The Hall–Kier alpha value is -2.24. The molecule has 0 bridgehead atoms. The van der Waals surface area contributed by atoms with Crippen molar-refractivity contribution in [2.45, 2.75) is 0 Å². The van der Waals surface area contributed by atoms with E-state index in [1.54, 1.807) is 0 Å². The van der Waals surface area contributed by atoms with E-state index in [0.717, 1.165) is 23.5 Å². The molecule has 1 aromatic rings. The number of benzene rings is 1. The quantitative estimate of drug-likeness (QED) is 0.636. The number of carbonyl (C=O) groups is 1. The number of hydrogen-bond donors (Lipinski definition) is 1.